The summed E-state index contributed by atoms with van der Waals surface area (Å²) in [5, 5.41) is 0.949. The minimum absolute atomic E-state index is 0.0122. The number of nitrogens with zero attached hydrogens (tertiary/aromatic N) is 2. The molecular weight excluding hydrogens is 400 g/mol. The molecule has 0 radical (unpaired) electrons. The summed E-state index contributed by atoms with van der Waals surface area (Å²) in [6.07, 6.45) is 1.89. The Balaban J connectivity index is 1.43. The number of hydrogen-bond acceptors (Lipinski definition) is 4. The van der Waals surface area contributed by atoms with Crippen LogP contribution in [0.5, 0.6) is 0 Å². The number of benzene rings is 2. The zero-order chi connectivity index (χ0) is 21.5. The van der Waals surface area contributed by atoms with Gasteiger partial charge in [0.05, 0.1) is 17.6 Å². The summed E-state index contributed by atoms with van der Waals surface area (Å²) in [6.45, 7) is 7.13. The van der Waals surface area contributed by atoms with Crippen molar-refractivity contribution in [2.24, 2.45) is 0 Å². The van der Waals surface area contributed by atoms with Gasteiger partial charge in [0.2, 0.25) is 15.9 Å². The highest BCUT2D eigenvalue weighted by molar-refractivity contribution is 7.89. The van der Waals surface area contributed by atoms with E-state index >= 15 is 0 Å². The molecule has 0 atom stereocenters. The Labute approximate surface area is 177 Å². The predicted octanol–water partition coefficient (Wildman–Crippen LogP) is 3.43. The van der Waals surface area contributed by atoms with Crippen molar-refractivity contribution in [2.45, 2.75) is 32.1 Å². The second-order valence-corrected chi connectivity index (χ2v) is 9.90. The molecule has 0 bridgehead atoms. The maximum atomic E-state index is 13.0. The van der Waals surface area contributed by atoms with Crippen molar-refractivity contribution in [3.8, 4) is 0 Å². The molecule has 0 unspecified atom stereocenters. The van der Waals surface area contributed by atoms with Crippen LogP contribution in [0.4, 0.5) is 0 Å². The summed E-state index contributed by atoms with van der Waals surface area (Å²) in [5.41, 5.74) is 4.53. The minimum atomic E-state index is -3.56. The van der Waals surface area contributed by atoms with E-state index in [0.717, 1.165) is 33.2 Å². The Kier molecular flexibility index (Phi) is 5.42. The van der Waals surface area contributed by atoms with Gasteiger partial charge in [-0.05, 0) is 44.0 Å². The van der Waals surface area contributed by atoms with Crippen LogP contribution < -0.4 is 0 Å². The molecule has 0 aliphatic carbocycles. The Morgan fingerprint density at radius 1 is 0.967 bits per heavy atom. The Morgan fingerprint density at radius 2 is 1.63 bits per heavy atom. The average Bonchev–Trinajstić information content (AvgIpc) is 3.09. The van der Waals surface area contributed by atoms with Gasteiger partial charge in [-0.2, -0.15) is 4.31 Å². The molecule has 30 heavy (non-hydrogen) atoms. The van der Waals surface area contributed by atoms with Crippen LogP contribution in [0.25, 0.3) is 11.0 Å². The van der Waals surface area contributed by atoms with Crippen LogP contribution in [0.3, 0.4) is 0 Å². The number of carbonyl (C=O) groups is 1. The fraction of sp³-hybridized carbons (Fsp3) is 0.348. The summed E-state index contributed by atoms with van der Waals surface area (Å²) in [4.78, 5) is 14.9. The summed E-state index contributed by atoms with van der Waals surface area (Å²) in [5.74, 6) is -0.0122. The lowest BCUT2D eigenvalue weighted by atomic mass is 10.1. The molecule has 1 fully saturated rings. The monoisotopic (exact) mass is 426 g/mol. The zero-order valence-corrected chi connectivity index (χ0v) is 18.3. The van der Waals surface area contributed by atoms with Crippen molar-refractivity contribution in [3.63, 3.8) is 0 Å². The fourth-order valence-corrected chi connectivity index (χ4v) is 5.64. The maximum absolute atomic E-state index is 13.0. The number of amides is 1. The molecule has 0 spiro atoms. The topological polar surface area (TPSA) is 70.8 Å². The smallest absolute Gasteiger partial charge is 0.243 e. The van der Waals surface area contributed by atoms with Crippen molar-refractivity contribution >= 4 is 26.9 Å². The van der Waals surface area contributed by atoms with Crippen molar-refractivity contribution in [1.82, 2.24) is 9.21 Å². The van der Waals surface area contributed by atoms with E-state index in [4.69, 9.17) is 4.42 Å². The first kappa shape index (κ1) is 20.6. The lowest BCUT2D eigenvalue weighted by Gasteiger charge is -2.34. The summed E-state index contributed by atoms with van der Waals surface area (Å²) >= 11 is 0. The molecule has 1 saturated heterocycles. The molecule has 0 N–H and O–H groups in total. The van der Waals surface area contributed by atoms with Crippen LogP contribution in [0.15, 0.2) is 52.0 Å². The van der Waals surface area contributed by atoms with Gasteiger partial charge in [-0.1, -0.05) is 29.8 Å². The van der Waals surface area contributed by atoms with E-state index in [9.17, 15) is 13.2 Å². The molecule has 0 saturated carbocycles. The van der Waals surface area contributed by atoms with E-state index in [1.54, 1.807) is 17.2 Å². The van der Waals surface area contributed by atoms with Crippen molar-refractivity contribution < 1.29 is 17.6 Å². The van der Waals surface area contributed by atoms with E-state index < -0.39 is 10.0 Å². The van der Waals surface area contributed by atoms with Gasteiger partial charge in [-0.3, -0.25) is 4.79 Å². The second kappa shape index (κ2) is 7.89. The first-order valence-electron chi connectivity index (χ1n) is 10.1. The third-order valence-electron chi connectivity index (χ3n) is 5.69. The highest BCUT2D eigenvalue weighted by atomic mass is 32.2. The van der Waals surface area contributed by atoms with E-state index in [0.29, 0.717) is 31.1 Å². The zero-order valence-electron chi connectivity index (χ0n) is 17.5. The van der Waals surface area contributed by atoms with Crippen LogP contribution in [-0.4, -0.2) is 49.7 Å². The first-order valence-corrected chi connectivity index (χ1v) is 11.5. The second-order valence-electron chi connectivity index (χ2n) is 7.99. The third kappa shape index (κ3) is 3.87. The van der Waals surface area contributed by atoms with Crippen LogP contribution in [-0.2, 0) is 21.2 Å². The highest BCUT2D eigenvalue weighted by Crippen LogP contribution is 2.25. The lowest BCUT2D eigenvalue weighted by Crippen LogP contribution is -2.50. The van der Waals surface area contributed by atoms with Crippen molar-refractivity contribution in [2.75, 3.05) is 26.2 Å². The Hall–Kier alpha value is -2.64. The number of sulfonamides is 1. The Bertz CT molecular complexity index is 1210. The normalized spacial score (nSPS) is 15.6. The van der Waals surface area contributed by atoms with Gasteiger partial charge in [0.25, 0.3) is 0 Å². The van der Waals surface area contributed by atoms with Crippen LogP contribution in [0.1, 0.15) is 22.3 Å². The standard InChI is InChI=1S/C23H26N2O4S/c1-16-5-7-22(18(3)12-16)30(27,28)25-10-8-24(9-11-25)23(26)14-19-15-29-21-13-17(2)4-6-20(19)21/h4-7,12-13,15H,8-11,14H2,1-3H3. The van der Waals surface area contributed by atoms with Crippen molar-refractivity contribution in [3.05, 3.63) is 64.9 Å². The number of rotatable bonds is 4. The first-order chi connectivity index (χ1) is 14.3. The number of piperazine rings is 1. The van der Waals surface area contributed by atoms with E-state index in [2.05, 4.69) is 0 Å². The minimum Gasteiger partial charge on any atom is -0.464 e. The molecule has 158 valence electrons. The van der Waals surface area contributed by atoms with E-state index in [-0.39, 0.29) is 12.3 Å². The molecule has 1 amide bonds. The summed E-state index contributed by atoms with van der Waals surface area (Å²) in [6, 6.07) is 11.3. The molecule has 7 heteroatoms. The van der Waals surface area contributed by atoms with Gasteiger partial charge in [-0.15, -0.1) is 0 Å². The summed E-state index contributed by atoms with van der Waals surface area (Å²) in [7, 11) is -3.56. The van der Waals surface area contributed by atoms with Gasteiger partial charge in [0, 0.05) is 37.1 Å². The molecule has 2 heterocycles. The Morgan fingerprint density at radius 3 is 2.33 bits per heavy atom. The van der Waals surface area contributed by atoms with E-state index in [1.807, 2.05) is 51.1 Å². The van der Waals surface area contributed by atoms with E-state index in [1.165, 1.54) is 4.31 Å². The van der Waals surface area contributed by atoms with Gasteiger partial charge >= 0.3 is 0 Å². The molecule has 2 aromatic carbocycles. The number of furan rings is 1. The predicted molar refractivity (Wildman–Crippen MR) is 116 cm³/mol. The average molecular weight is 427 g/mol. The molecule has 4 rings (SSSR count). The van der Waals surface area contributed by atoms with Crippen LogP contribution >= 0.6 is 0 Å². The highest BCUT2D eigenvalue weighted by Gasteiger charge is 2.31. The number of carbonyl (C=O) groups excluding carboxylic acids is 1. The van der Waals surface area contributed by atoms with Gasteiger partial charge in [0.1, 0.15) is 5.58 Å². The van der Waals surface area contributed by atoms with Gasteiger partial charge < -0.3 is 9.32 Å². The largest absolute Gasteiger partial charge is 0.464 e. The molecule has 1 aliphatic heterocycles. The SMILES string of the molecule is Cc1ccc(S(=O)(=O)N2CCN(C(=O)Cc3coc4cc(C)ccc34)CC2)c(C)c1. The molecule has 1 aromatic heterocycles. The number of hydrogen-bond donors (Lipinski definition) is 0. The summed E-state index contributed by atoms with van der Waals surface area (Å²) < 4.78 is 33.1. The fourth-order valence-electron chi connectivity index (χ4n) is 4.01. The maximum Gasteiger partial charge on any atom is 0.243 e. The molecule has 1 aliphatic rings. The van der Waals surface area contributed by atoms with Crippen molar-refractivity contribution in [1.29, 1.82) is 0 Å². The molecular formula is C23H26N2O4S. The van der Waals surface area contributed by atoms with Gasteiger partial charge in [0.15, 0.2) is 0 Å². The van der Waals surface area contributed by atoms with Gasteiger partial charge in [-0.25, -0.2) is 8.42 Å². The van der Waals surface area contributed by atoms with Crippen LogP contribution in [0.2, 0.25) is 0 Å². The number of fused-ring (bicyclic) bond motifs is 1. The quantitative estimate of drug-likeness (QED) is 0.641. The third-order valence-corrected chi connectivity index (χ3v) is 7.75. The lowest BCUT2D eigenvalue weighted by molar-refractivity contribution is -0.131. The van der Waals surface area contributed by atoms with Crippen LogP contribution in [0, 0.1) is 20.8 Å². The molecule has 3 aromatic rings. The molecule has 6 nitrogen and oxygen atoms in total. The number of aryl methyl sites for hydroxylation is 3.